The minimum absolute atomic E-state index is 0.0368. The Kier molecular flexibility index (Phi) is 5.12. The molecule has 0 saturated heterocycles. The second kappa shape index (κ2) is 7.07. The van der Waals surface area contributed by atoms with Gasteiger partial charge in [0.25, 0.3) is 5.56 Å². The largest absolute Gasteiger partial charge is 0.550 e. The number of anilines is 1. The minimum Gasteiger partial charge on any atom is -0.550 e. The fraction of sp³-hybridized carbons (Fsp3) is 0.400. The number of aryl methyl sites for hydroxylation is 2. The van der Waals surface area contributed by atoms with E-state index in [2.05, 4.69) is 20.4 Å². The van der Waals surface area contributed by atoms with Crippen molar-refractivity contribution >= 4 is 17.7 Å². The van der Waals surface area contributed by atoms with E-state index in [0.29, 0.717) is 22.8 Å². The van der Waals surface area contributed by atoms with E-state index in [4.69, 9.17) is 0 Å². The van der Waals surface area contributed by atoms with Crippen LogP contribution in [0.1, 0.15) is 36.2 Å². The molecule has 2 rings (SSSR count). The third kappa shape index (κ3) is 4.06. The summed E-state index contributed by atoms with van der Waals surface area (Å²) in [5, 5.41) is 17.2. The number of carboxylic acids is 1. The van der Waals surface area contributed by atoms with Crippen molar-refractivity contribution in [1.29, 1.82) is 0 Å². The highest BCUT2D eigenvalue weighted by Crippen LogP contribution is 2.15. The normalized spacial score (nSPS) is 10.6. The van der Waals surface area contributed by atoms with Crippen molar-refractivity contribution in [2.75, 3.05) is 5.32 Å². The van der Waals surface area contributed by atoms with E-state index >= 15 is 0 Å². The first-order valence-electron chi connectivity index (χ1n) is 7.42. The molecule has 2 aromatic heterocycles. The summed E-state index contributed by atoms with van der Waals surface area (Å²) in [5.74, 6) is -1.01. The first-order valence-corrected chi connectivity index (χ1v) is 7.42. The van der Waals surface area contributed by atoms with Crippen molar-refractivity contribution in [2.45, 2.75) is 40.0 Å². The molecular formula is C15H18N5O4-. The van der Waals surface area contributed by atoms with E-state index in [1.165, 1.54) is 4.68 Å². The number of aromatic nitrogens is 4. The van der Waals surface area contributed by atoms with E-state index in [1.54, 1.807) is 26.8 Å². The first-order chi connectivity index (χ1) is 11.3. The van der Waals surface area contributed by atoms with Gasteiger partial charge in [0.15, 0.2) is 0 Å². The van der Waals surface area contributed by atoms with Crippen LogP contribution in [0.5, 0.6) is 0 Å². The van der Waals surface area contributed by atoms with E-state index < -0.39 is 5.97 Å². The Morgan fingerprint density at radius 3 is 2.62 bits per heavy atom. The average Bonchev–Trinajstić information content (AvgIpc) is 2.84. The zero-order valence-electron chi connectivity index (χ0n) is 13.7. The molecule has 0 aliphatic heterocycles. The second-order valence-electron chi connectivity index (χ2n) is 5.46. The van der Waals surface area contributed by atoms with Crippen LogP contribution in [0.15, 0.2) is 10.9 Å². The number of nitrogens with one attached hydrogen (secondary N) is 2. The fourth-order valence-corrected chi connectivity index (χ4v) is 2.08. The lowest BCUT2D eigenvalue weighted by Crippen LogP contribution is -2.23. The molecule has 0 aromatic carbocycles. The molecule has 0 fully saturated rings. The summed E-state index contributed by atoms with van der Waals surface area (Å²) in [7, 11) is 0. The molecule has 0 saturated carbocycles. The van der Waals surface area contributed by atoms with Crippen LogP contribution in [0.25, 0.3) is 5.95 Å². The highest BCUT2D eigenvalue weighted by molar-refractivity contribution is 5.90. The monoisotopic (exact) mass is 332 g/mol. The Bertz CT molecular complexity index is 837. The standard InChI is InChI=1S/C15H19N5O4/c1-8-7-11(17-12(21)5-4-6-13(22)23)20(19-8)15-16-10(3)9(2)14(24)18-15/h7H,4-6H2,1-3H3,(H,17,21)(H,22,23)(H,16,18,24)/p-1. The number of carbonyl (C=O) groups excluding carboxylic acids is 2. The summed E-state index contributed by atoms with van der Waals surface area (Å²) >= 11 is 0. The molecule has 9 nitrogen and oxygen atoms in total. The summed E-state index contributed by atoms with van der Waals surface area (Å²) in [6, 6.07) is 1.63. The van der Waals surface area contributed by atoms with Crippen molar-refractivity contribution in [3.63, 3.8) is 0 Å². The van der Waals surface area contributed by atoms with Crippen molar-refractivity contribution in [1.82, 2.24) is 19.7 Å². The fourth-order valence-electron chi connectivity index (χ4n) is 2.08. The number of rotatable bonds is 6. The van der Waals surface area contributed by atoms with Crippen molar-refractivity contribution in [3.8, 4) is 5.95 Å². The molecule has 1 amide bonds. The summed E-state index contributed by atoms with van der Waals surface area (Å²) in [4.78, 5) is 41.1. The molecule has 0 atom stereocenters. The predicted molar refractivity (Wildman–Crippen MR) is 83.7 cm³/mol. The summed E-state index contributed by atoms with van der Waals surface area (Å²) in [6.07, 6.45) is 0.0346. The van der Waals surface area contributed by atoms with Crippen LogP contribution < -0.4 is 16.0 Å². The SMILES string of the molecule is Cc1cc(NC(=O)CCCC(=O)[O-])n(-c2nc(C)c(C)c(=O)[nH]2)n1. The molecule has 2 aromatic rings. The number of hydrogen-bond acceptors (Lipinski definition) is 6. The van der Waals surface area contributed by atoms with Gasteiger partial charge in [0.2, 0.25) is 11.9 Å². The Hall–Kier alpha value is -2.97. The molecule has 24 heavy (non-hydrogen) atoms. The zero-order valence-corrected chi connectivity index (χ0v) is 13.7. The van der Waals surface area contributed by atoms with Gasteiger partial charge in [0.1, 0.15) is 5.82 Å². The third-order valence-corrected chi connectivity index (χ3v) is 3.47. The molecule has 0 unspecified atom stereocenters. The second-order valence-corrected chi connectivity index (χ2v) is 5.46. The van der Waals surface area contributed by atoms with Crippen molar-refractivity contribution in [2.24, 2.45) is 0 Å². The average molecular weight is 332 g/mol. The van der Waals surface area contributed by atoms with Gasteiger partial charge in [-0.25, -0.2) is 4.98 Å². The molecule has 9 heteroatoms. The number of carboxylic acid groups (broad SMARTS) is 1. The molecule has 0 spiro atoms. The molecule has 2 N–H and O–H groups in total. The number of aliphatic carboxylic acids is 1. The molecule has 0 radical (unpaired) electrons. The van der Waals surface area contributed by atoms with Crippen molar-refractivity contribution < 1.29 is 14.7 Å². The first kappa shape index (κ1) is 17.4. The van der Waals surface area contributed by atoms with Gasteiger partial charge in [-0.1, -0.05) is 0 Å². The topological polar surface area (TPSA) is 133 Å². The van der Waals surface area contributed by atoms with Crippen LogP contribution in [-0.2, 0) is 9.59 Å². The highest BCUT2D eigenvalue weighted by Gasteiger charge is 2.14. The van der Waals surface area contributed by atoms with Gasteiger partial charge in [0, 0.05) is 29.7 Å². The molecule has 2 heterocycles. The lowest BCUT2D eigenvalue weighted by Gasteiger charge is -2.09. The zero-order chi connectivity index (χ0) is 17.9. The Morgan fingerprint density at radius 1 is 1.29 bits per heavy atom. The lowest BCUT2D eigenvalue weighted by molar-refractivity contribution is -0.305. The Morgan fingerprint density at radius 2 is 2.00 bits per heavy atom. The van der Waals surface area contributed by atoms with Crippen LogP contribution in [0.4, 0.5) is 5.82 Å². The maximum Gasteiger partial charge on any atom is 0.255 e. The number of nitrogens with zero attached hydrogens (tertiary/aromatic N) is 3. The van der Waals surface area contributed by atoms with E-state index in [-0.39, 0.29) is 36.7 Å². The third-order valence-electron chi connectivity index (χ3n) is 3.47. The van der Waals surface area contributed by atoms with E-state index in [1.807, 2.05) is 0 Å². The number of hydrogen-bond donors (Lipinski definition) is 2. The Labute approximate surface area is 137 Å². The lowest BCUT2D eigenvalue weighted by atomic mass is 10.2. The van der Waals surface area contributed by atoms with Crippen LogP contribution >= 0.6 is 0 Å². The molecule has 0 aliphatic carbocycles. The highest BCUT2D eigenvalue weighted by atomic mass is 16.4. The van der Waals surface area contributed by atoms with Crippen molar-refractivity contribution in [3.05, 3.63) is 33.4 Å². The quantitative estimate of drug-likeness (QED) is 0.749. The number of H-pyrrole nitrogens is 1. The number of amides is 1. The van der Waals surface area contributed by atoms with Gasteiger partial charge in [0.05, 0.1) is 5.69 Å². The van der Waals surface area contributed by atoms with Gasteiger partial charge in [-0.15, -0.1) is 0 Å². The van der Waals surface area contributed by atoms with Gasteiger partial charge in [-0.2, -0.15) is 9.78 Å². The van der Waals surface area contributed by atoms with Crippen LogP contribution in [-0.4, -0.2) is 31.6 Å². The smallest absolute Gasteiger partial charge is 0.255 e. The van der Waals surface area contributed by atoms with E-state index in [9.17, 15) is 19.5 Å². The van der Waals surface area contributed by atoms with Gasteiger partial charge >= 0.3 is 0 Å². The van der Waals surface area contributed by atoms with Gasteiger partial charge < -0.3 is 15.2 Å². The predicted octanol–water partition coefficient (Wildman–Crippen LogP) is -0.260. The molecule has 128 valence electrons. The van der Waals surface area contributed by atoms with Gasteiger partial charge in [-0.3, -0.25) is 14.6 Å². The maximum absolute atomic E-state index is 11.9. The summed E-state index contributed by atoms with van der Waals surface area (Å²) in [6.45, 7) is 5.11. The summed E-state index contributed by atoms with van der Waals surface area (Å²) in [5.41, 5.74) is 1.42. The molecular weight excluding hydrogens is 314 g/mol. The molecule has 0 aliphatic rings. The number of aromatic amines is 1. The Balaban J connectivity index is 2.23. The maximum atomic E-state index is 11.9. The minimum atomic E-state index is -1.19. The van der Waals surface area contributed by atoms with Gasteiger partial charge in [-0.05, 0) is 33.6 Å². The summed E-state index contributed by atoms with van der Waals surface area (Å²) < 4.78 is 1.33. The van der Waals surface area contributed by atoms with Crippen LogP contribution in [0.2, 0.25) is 0 Å². The van der Waals surface area contributed by atoms with Crippen LogP contribution in [0.3, 0.4) is 0 Å². The molecule has 0 bridgehead atoms. The van der Waals surface area contributed by atoms with Crippen LogP contribution in [0, 0.1) is 20.8 Å². The number of carbonyl (C=O) groups is 2. The van der Waals surface area contributed by atoms with E-state index in [0.717, 1.165) is 0 Å².